The number of amides is 1. The molecule has 3 rings (SSSR count). The Kier molecular flexibility index (Phi) is 5.70. The van der Waals surface area contributed by atoms with E-state index in [9.17, 15) is 18.3 Å². The number of rotatable bonds is 7. The minimum atomic E-state index is -3.76. The summed E-state index contributed by atoms with van der Waals surface area (Å²) in [5, 5.41) is 9.54. The Morgan fingerprint density at radius 1 is 1.08 bits per heavy atom. The SMILES string of the molecule is O=C1CCCN1c1ccc(S(=O)(=O)NC(CO)Cc2ccccc2)cc1. The van der Waals surface area contributed by atoms with Crippen LogP contribution in [0.1, 0.15) is 18.4 Å². The Bertz CT molecular complexity index is 851. The third kappa shape index (κ3) is 4.30. The number of anilines is 1. The van der Waals surface area contributed by atoms with E-state index < -0.39 is 16.1 Å². The third-order valence-electron chi connectivity index (χ3n) is 4.40. The van der Waals surface area contributed by atoms with Crippen molar-refractivity contribution < 1.29 is 18.3 Å². The Morgan fingerprint density at radius 3 is 2.35 bits per heavy atom. The maximum absolute atomic E-state index is 12.6. The molecule has 26 heavy (non-hydrogen) atoms. The molecule has 0 spiro atoms. The molecule has 0 bridgehead atoms. The van der Waals surface area contributed by atoms with Crippen LogP contribution in [0, 0.1) is 0 Å². The summed E-state index contributed by atoms with van der Waals surface area (Å²) in [5.74, 6) is 0.0573. The van der Waals surface area contributed by atoms with Gasteiger partial charge < -0.3 is 10.0 Å². The second kappa shape index (κ2) is 7.99. The van der Waals surface area contributed by atoms with E-state index in [1.54, 1.807) is 17.0 Å². The maximum Gasteiger partial charge on any atom is 0.240 e. The quantitative estimate of drug-likeness (QED) is 0.772. The molecule has 1 fully saturated rings. The molecule has 1 aliphatic heterocycles. The van der Waals surface area contributed by atoms with Gasteiger partial charge in [-0.05, 0) is 42.7 Å². The van der Waals surface area contributed by atoms with Crippen molar-refractivity contribution in [3.05, 3.63) is 60.2 Å². The van der Waals surface area contributed by atoms with Crippen molar-refractivity contribution in [2.24, 2.45) is 0 Å². The summed E-state index contributed by atoms with van der Waals surface area (Å²) in [7, 11) is -3.76. The monoisotopic (exact) mass is 374 g/mol. The Hall–Kier alpha value is -2.22. The molecule has 0 aromatic heterocycles. The smallest absolute Gasteiger partial charge is 0.240 e. The zero-order chi connectivity index (χ0) is 18.6. The molecule has 1 unspecified atom stereocenters. The van der Waals surface area contributed by atoms with E-state index in [4.69, 9.17) is 0 Å². The molecular formula is C19H22N2O4S. The first-order chi connectivity index (χ1) is 12.5. The van der Waals surface area contributed by atoms with E-state index in [1.807, 2.05) is 30.3 Å². The summed E-state index contributed by atoms with van der Waals surface area (Å²) in [6.07, 6.45) is 1.74. The average molecular weight is 374 g/mol. The number of aliphatic hydroxyl groups excluding tert-OH is 1. The third-order valence-corrected chi connectivity index (χ3v) is 5.94. The minimum absolute atomic E-state index is 0.0573. The molecule has 2 aromatic carbocycles. The Labute approximate surface area is 153 Å². The molecule has 0 aliphatic carbocycles. The van der Waals surface area contributed by atoms with Crippen molar-refractivity contribution in [1.82, 2.24) is 4.72 Å². The summed E-state index contributed by atoms with van der Waals surface area (Å²) in [6, 6.07) is 15.0. The predicted octanol–water partition coefficient (Wildman–Crippen LogP) is 1.70. The predicted molar refractivity (Wildman–Crippen MR) is 99.4 cm³/mol. The average Bonchev–Trinajstić information content (AvgIpc) is 3.08. The highest BCUT2D eigenvalue weighted by atomic mass is 32.2. The molecule has 1 saturated heterocycles. The van der Waals surface area contributed by atoms with E-state index >= 15 is 0 Å². The lowest BCUT2D eigenvalue weighted by Crippen LogP contribution is -2.39. The van der Waals surface area contributed by atoms with Gasteiger partial charge in [-0.2, -0.15) is 0 Å². The molecule has 1 heterocycles. The van der Waals surface area contributed by atoms with E-state index in [0.29, 0.717) is 25.1 Å². The van der Waals surface area contributed by atoms with Gasteiger partial charge in [0.25, 0.3) is 0 Å². The number of carbonyl (C=O) groups excluding carboxylic acids is 1. The summed E-state index contributed by atoms with van der Waals surface area (Å²) in [4.78, 5) is 13.6. The first-order valence-corrected chi connectivity index (χ1v) is 10.1. The van der Waals surface area contributed by atoms with Crippen molar-refractivity contribution in [3.63, 3.8) is 0 Å². The van der Waals surface area contributed by atoms with Gasteiger partial charge in [0.15, 0.2) is 0 Å². The van der Waals surface area contributed by atoms with Crippen molar-refractivity contribution in [3.8, 4) is 0 Å². The first-order valence-electron chi connectivity index (χ1n) is 8.57. The number of aliphatic hydroxyl groups is 1. The van der Waals surface area contributed by atoms with Crippen LogP contribution in [0.15, 0.2) is 59.5 Å². The summed E-state index contributed by atoms with van der Waals surface area (Å²) in [6.45, 7) is 0.362. The fourth-order valence-corrected chi connectivity index (χ4v) is 4.28. The zero-order valence-corrected chi connectivity index (χ0v) is 15.2. The maximum atomic E-state index is 12.6. The molecular weight excluding hydrogens is 352 g/mol. The standard InChI is InChI=1S/C19H22N2O4S/c22-14-16(13-15-5-2-1-3-6-15)20-26(24,25)18-10-8-17(9-11-18)21-12-4-7-19(21)23/h1-3,5-6,8-11,16,20,22H,4,7,12-14H2. The van der Waals surface area contributed by atoms with Gasteiger partial charge in [0, 0.05) is 24.7 Å². The van der Waals surface area contributed by atoms with E-state index in [-0.39, 0.29) is 17.4 Å². The summed E-state index contributed by atoms with van der Waals surface area (Å²) in [5.41, 5.74) is 1.64. The Balaban J connectivity index is 1.71. The molecule has 0 saturated carbocycles. The van der Waals surface area contributed by atoms with Gasteiger partial charge in [-0.15, -0.1) is 0 Å². The van der Waals surface area contributed by atoms with Gasteiger partial charge in [0.2, 0.25) is 15.9 Å². The number of carbonyl (C=O) groups is 1. The van der Waals surface area contributed by atoms with E-state index in [0.717, 1.165) is 12.0 Å². The molecule has 1 aliphatic rings. The second-order valence-electron chi connectivity index (χ2n) is 6.33. The summed E-state index contributed by atoms with van der Waals surface area (Å²) >= 11 is 0. The highest BCUT2D eigenvalue weighted by molar-refractivity contribution is 7.89. The molecule has 1 amide bonds. The van der Waals surface area contributed by atoms with Crippen LogP contribution >= 0.6 is 0 Å². The number of nitrogens with one attached hydrogen (secondary N) is 1. The van der Waals surface area contributed by atoms with Crippen molar-refractivity contribution in [1.29, 1.82) is 0 Å². The van der Waals surface area contributed by atoms with Crippen molar-refractivity contribution in [2.75, 3.05) is 18.1 Å². The van der Waals surface area contributed by atoms with Crippen LogP contribution in [0.25, 0.3) is 0 Å². The largest absolute Gasteiger partial charge is 0.395 e. The van der Waals surface area contributed by atoms with Crippen LogP contribution in [0.4, 0.5) is 5.69 Å². The fraction of sp³-hybridized carbons (Fsp3) is 0.316. The van der Waals surface area contributed by atoms with Crippen molar-refractivity contribution >= 4 is 21.6 Å². The lowest BCUT2D eigenvalue weighted by molar-refractivity contribution is -0.117. The number of hydrogen-bond acceptors (Lipinski definition) is 4. The van der Waals surface area contributed by atoms with Crippen LogP contribution in [0.3, 0.4) is 0 Å². The van der Waals surface area contributed by atoms with E-state index in [1.165, 1.54) is 12.1 Å². The second-order valence-corrected chi connectivity index (χ2v) is 8.05. The van der Waals surface area contributed by atoms with Gasteiger partial charge in [-0.1, -0.05) is 30.3 Å². The summed E-state index contributed by atoms with van der Waals surface area (Å²) < 4.78 is 27.7. The molecule has 1 atom stereocenters. The van der Waals surface area contributed by atoms with Gasteiger partial charge in [0.1, 0.15) is 0 Å². The molecule has 2 N–H and O–H groups in total. The van der Waals surface area contributed by atoms with Crippen LogP contribution in [0.2, 0.25) is 0 Å². The Morgan fingerprint density at radius 2 is 1.77 bits per heavy atom. The lowest BCUT2D eigenvalue weighted by Gasteiger charge is -2.18. The normalized spacial score (nSPS) is 16.0. The topological polar surface area (TPSA) is 86.7 Å². The van der Waals surface area contributed by atoms with Gasteiger partial charge in [-0.25, -0.2) is 13.1 Å². The van der Waals surface area contributed by atoms with Crippen molar-refractivity contribution in [2.45, 2.75) is 30.2 Å². The highest BCUT2D eigenvalue weighted by Crippen LogP contribution is 2.23. The van der Waals surface area contributed by atoms with Crippen LogP contribution in [0.5, 0.6) is 0 Å². The number of hydrogen-bond donors (Lipinski definition) is 2. The van der Waals surface area contributed by atoms with Crippen LogP contribution in [-0.2, 0) is 21.2 Å². The van der Waals surface area contributed by atoms with Gasteiger partial charge in [0.05, 0.1) is 11.5 Å². The van der Waals surface area contributed by atoms with E-state index in [2.05, 4.69) is 4.72 Å². The first kappa shape index (κ1) is 18.6. The highest BCUT2D eigenvalue weighted by Gasteiger charge is 2.23. The fourth-order valence-electron chi connectivity index (χ4n) is 3.06. The number of sulfonamides is 1. The van der Waals surface area contributed by atoms with Crippen LogP contribution in [-0.4, -0.2) is 38.6 Å². The lowest BCUT2D eigenvalue weighted by atomic mass is 10.1. The molecule has 2 aromatic rings. The zero-order valence-electron chi connectivity index (χ0n) is 14.3. The molecule has 0 radical (unpaired) electrons. The van der Waals surface area contributed by atoms with Gasteiger partial charge in [-0.3, -0.25) is 4.79 Å². The molecule has 138 valence electrons. The van der Waals surface area contributed by atoms with Crippen LogP contribution < -0.4 is 9.62 Å². The number of benzene rings is 2. The molecule has 7 heteroatoms. The molecule has 6 nitrogen and oxygen atoms in total. The van der Waals surface area contributed by atoms with Gasteiger partial charge >= 0.3 is 0 Å². The minimum Gasteiger partial charge on any atom is -0.395 e. The number of nitrogens with zero attached hydrogens (tertiary/aromatic N) is 1.